The number of benzene rings is 2. The molecule has 1 spiro atoms. The Kier molecular flexibility index (Phi) is 6.31. The van der Waals surface area contributed by atoms with Crippen LogP contribution in [0, 0.1) is 5.41 Å². The van der Waals surface area contributed by atoms with Crippen LogP contribution in [0.25, 0.3) is 10.9 Å². The van der Waals surface area contributed by atoms with Gasteiger partial charge in [-0.05, 0) is 62.8 Å². The van der Waals surface area contributed by atoms with E-state index in [4.69, 9.17) is 4.74 Å². The summed E-state index contributed by atoms with van der Waals surface area (Å²) in [6, 6.07) is 18.0. The van der Waals surface area contributed by atoms with Gasteiger partial charge in [0.05, 0.1) is 11.5 Å². The molecule has 6 nitrogen and oxygen atoms in total. The summed E-state index contributed by atoms with van der Waals surface area (Å²) in [7, 11) is 0. The SMILES string of the molecule is C[C@@H]1COc2ccccc2CCCCC2(CCN(C(=O)c3cc4ccccc4[nH]3)CC2)C(=O)N1. The van der Waals surface area contributed by atoms with Crippen molar-refractivity contribution < 1.29 is 14.3 Å². The lowest BCUT2D eigenvalue weighted by atomic mass is 9.73. The number of ether oxygens (including phenoxy) is 1. The topological polar surface area (TPSA) is 74.4 Å². The number of para-hydroxylation sites is 2. The first-order valence-electron chi connectivity index (χ1n) is 12.4. The Morgan fingerprint density at radius 3 is 2.62 bits per heavy atom. The molecule has 2 aromatic carbocycles. The molecule has 5 rings (SSSR count). The summed E-state index contributed by atoms with van der Waals surface area (Å²) in [5.41, 5.74) is 2.39. The molecule has 2 aliphatic rings. The standard InChI is InChI=1S/C28H33N3O3/c1-20-19-34-25-12-5-3-8-21(25)9-6-7-13-28(27(33)29-20)14-16-31(17-15-28)26(32)24-18-22-10-2-4-11-23(22)30-24/h2-5,8,10-12,18,20,30H,6-7,9,13-17,19H2,1H3,(H,29,33)/t20-/m1/s1. The van der Waals surface area contributed by atoms with Gasteiger partial charge in [-0.1, -0.05) is 42.8 Å². The van der Waals surface area contributed by atoms with Gasteiger partial charge in [0, 0.05) is 24.0 Å². The molecular weight excluding hydrogens is 426 g/mol. The third-order valence-corrected chi connectivity index (χ3v) is 7.44. The average molecular weight is 460 g/mol. The van der Waals surface area contributed by atoms with Gasteiger partial charge in [0.25, 0.3) is 5.91 Å². The normalized spacial score (nSPS) is 21.1. The van der Waals surface area contributed by atoms with Crippen LogP contribution in [0.4, 0.5) is 0 Å². The number of fused-ring (bicyclic) bond motifs is 2. The number of carbonyl (C=O) groups excluding carboxylic acids is 2. The molecule has 3 aromatic rings. The van der Waals surface area contributed by atoms with E-state index < -0.39 is 5.41 Å². The first kappa shape index (κ1) is 22.5. The number of nitrogens with zero attached hydrogens (tertiary/aromatic N) is 1. The van der Waals surface area contributed by atoms with Gasteiger partial charge in [-0.15, -0.1) is 0 Å². The van der Waals surface area contributed by atoms with Crippen LogP contribution in [-0.4, -0.2) is 47.4 Å². The number of hydrogen-bond acceptors (Lipinski definition) is 3. The Morgan fingerprint density at radius 2 is 1.79 bits per heavy atom. The predicted molar refractivity (Wildman–Crippen MR) is 133 cm³/mol. The molecule has 6 heteroatoms. The van der Waals surface area contributed by atoms with Gasteiger partial charge in [0.15, 0.2) is 0 Å². The summed E-state index contributed by atoms with van der Waals surface area (Å²) in [6.45, 7) is 3.63. The Balaban J connectivity index is 1.28. The van der Waals surface area contributed by atoms with Crippen LogP contribution < -0.4 is 10.1 Å². The van der Waals surface area contributed by atoms with Crippen molar-refractivity contribution in [3.63, 3.8) is 0 Å². The third-order valence-electron chi connectivity index (χ3n) is 7.44. The van der Waals surface area contributed by atoms with E-state index in [1.54, 1.807) is 0 Å². The Labute approximate surface area is 200 Å². The van der Waals surface area contributed by atoms with Gasteiger partial charge >= 0.3 is 0 Å². The number of amides is 2. The van der Waals surface area contributed by atoms with Crippen LogP contribution in [0.3, 0.4) is 0 Å². The maximum Gasteiger partial charge on any atom is 0.270 e. The molecule has 0 bridgehead atoms. The van der Waals surface area contributed by atoms with Crippen LogP contribution in [0.1, 0.15) is 55.1 Å². The smallest absolute Gasteiger partial charge is 0.270 e. The minimum Gasteiger partial charge on any atom is -0.491 e. The lowest BCUT2D eigenvalue weighted by Crippen LogP contribution is -2.52. The summed E-state index contributed by atoms with van der Waals surface area (Å²) < 4.78 is 6.05. The van der Waals surface area contributed by atoms with Crippen LogP contribution in [0.2, 0.25) is 0 Å². The quantitative estimate of drug-likeness (QED) is 0.554. The molecule has 1 atom stereocenters. The molecule has 0 radical (unpaired) electrons. The molecule has 2 amide bonds. The third kappa shape index (κ3) is 4.54. The minimum atomic E-state index is -0.426. The van der Waals surface area contributed by atoms with E-state index in [1.807, 2.05) is 54.3 Å². The average Bonchev–Trinajstić information content (AvgIpc) is 3.30. The molecule has 178 valence electrons. The highest BCUT2D eigenvalue weighted by Crippen LogP contribution is 2.38. The van der Waals surface area contributed by atoms with Gasteiger partial charge in [0.1, 0.15) is 18.1 Å². The largest absolute Gasteiger partial charge is 0.491 e. The first-order chi connectivity index (χ1) is 16.5. The zero-order valence-corrected chi connectivity index (χ0v) is 19.8. The van der Waals surface area contributed by atoms with Crippen molar-refractivity contribution in [1.29, 1.82) is 0 Å². The molecular formula is C28H33N3O3. The summed E-state index contributed by atoms with van der Waals surface area (Å²) >= 11 is 0. The monoisotopic (exact) mass is 459 g/mol. The second-order valence-electron chi connectivity index (χ2n) is 9.84. The number of rotatable bonds is 1. The number of likely N-dealkylation sites (tertiary alicyclic amines) is 1. The van der Waals surface area contributed by atoms with E-state index in [9.17, 15) is 9.59 Å². The highest BCUT2D eigenvalue weighted by Gasteiger charge is 2.42. The number of hydrogen-bond donors (Lipinski definition) is 2. The van der Waals surface area contributed by atoms with Crippen LogP contribution in [0.15, 0.2) is 54.6 Å². The second kappa shape index (κ2) is 9.53. The van der Waals surface area contributed by atoms with Crippen molar-refractivity contribution in [1.82, 2.24) is 15.2 Å². The zero-order valence-electron chi connectivity index (χ0n) is 19.8. The summed E-state index contributed by atoms with van der Waals surface area (Å²) in [6.07, 6.45) is 5.18. The van der Waals surface area contributed by atoms with Gasteiger partial charge in [0.2, 0.25) is 5.91 Å². The van der Waals surface area contributed by atoms with E-state index >= 15 is 0 Å². The molecule has 2 aliphatic heterocycles. The van der Waals surface area contributed by atoms with Crippen molar-refractivity contribution in [2.24, 2.45) is 5.41 Å². The van der Waals surface area contributed by atoms with Gasteiger partial charge in [-0.25, -0.2) is 0 Å². The number of H-pyrrole nitrogens is 1. The van der Waals surface area contributed by atoms with Gasteiger partial charge < -0.3 is 19.9 Å². The maximum atomic E-state index is 13.5. The highest BCUT2D eigenvalue weighted by atomic mass is 16.5. The predicted octanol–water partition coefficient (Wildman–Crippen LogP) is 4.70. The van der Waals surface area contributed by atoms with E-state index in [2.05, 4.69) is 22.4 Å². The number of carbonyl (C=O) groups is 2. The Hall–Kier alpha value is -3.28. The lowest BCUT2D eigenvalue weighted by molar-refractivity contribution is -0.135. The molecule has 2 N–H and O–H groups in total. The highest BCUT2D eigenvalue weighted by molar-refractivity contribution is 5.98. The van der Waals surface area contributed by atoms with E-state index in [1.165, 1.54) is 5.56 Å². The lowest BCUT2D eigenvalue weighted by Gasteiger charge is -2.41. The number of nitrogens with one attached hydrogen (secondary N) is 2. The van der Waals surface area contributed by atoms with Gasteiger partial charge in [-0.2, -0.15) is 0 Å². The Bertz CT molecular complexity index is 1140. The molecule has 0 aliphatic carbocycles. The Morgan fingerprint density at radius 1 is 1.03 bits per heavy atom. The molecule has 3 heterocycles. The molecule has 1 saturated heterocycles. The fourth-order valence-corrected chi connectivity index (χ4v) is 5.35. The number of aromatic nitrogens is 1. The van der Waals surface area contributed by atoms with Crippen molar-refractivity contribution in [2.45, 2.75) is 51.5 Å². The van der Waals surface area contributed by atoms with E-state index in [0.717, 1.165) is 42.3 Å². The molecule has 0 unspecified atom stereocenters. The van der Waals surface area contributed by atoms with Crippen LogP contribution in [0.5, 0.6) is 5.75 Å². The van der Waals surface area contributed by atoms with E-state index in [-0.39, 0.29) is 17.9 Å². The first-order valence-corrected chi connectivity index (χ1v) is 12.4. The number of piperidine rings is 1. The number of aromatic amines is 1. The molecule has 1 aromatic heterocycles. The van der Waals surface area contributed by atoms with Gasteiger partial charge in [-0.3, -0.25) is 9.59 Å². The summed E-state index contributed by atoms with van der Waals surface area (Å²) in [4.78, 5) is 31.8. The maximum absolute atomic E-state index is 13.5. The fraction of sp³-hybridized carbons (Fsp3) is 0.429. The molecule has 0 saturated carbocycles. The van der Waals surface area contributed by atoms with Crippen molar-refractivity contribution >= 4 is 22.7 Å². The van der Waals surface area contributed by atoms with E-state index in [0.29, 0.717) is 38.2 Å². The summed E-state index contributed by atoms with van der Waals surface area (Å²) in [5, 5.41) is 4.25. The van der Waals surface area contributed by atoms with Crippen molar-refractivity contribution in [2.75, 3.05) is 19.7 Å². The van der Waals surface area contributed by atoms with Crippen molar-refractivity contribution in [3.05, 3.63) is 65.9 Å². The minimum absolute atomic E-state index is 0.0120. The summed E-state index contributed by atoms with van der Waals surface area (Å²) in [5.74, 6) is 1.04. The van der Waals surface area contributed by atoms with Crippen LogP contribution in [-0.2, 0) is 11.2 Å². The fourth-order valence-electron chi connectivity index (χ4n) is 5.35. The number of aryl methyl sites for hydroxylation is 1. The second-order valence-corrected chi connectivity index (χ2v) is 9.84. The molecule has 1 fully saturated rings. The van der Waals surface area contributed by atoms with Crippen molar-refractivity contribution in [3.8, 4) is 5.75 Å². The zero-order chi connectivity index (χ0) is 23.5. The molecule has 34 heavy (non-hydrogen) atoms. The van der Waals surface area contributed by atoms with Crippen LogP contribution >= 0.6 is 0 Å².